The highest BCUT2D eigenvalue weighted by Gasteiger charge is 2.14. The van der Waals surface area contributed by atoms with Gasteiger partial charge in [-0.3, -0.25) is 0 Å². The Morgan fingerprint density at radius 1 is 1.43 bits per heavy atom. The average Bonchev–Trinajstić information content (AvgIpc) is 2.58. The van der Waals surface area contributed by atoms with Crippen LogP contribution in [0.2, 0.25) is 0 Å². The number of aryl methyl sites for hydroxylation is 1. The topological polar surface area (TPSA) is 19.7 Å². The minimum absolute atomic E-state index is 0.868. The molecular weight excluding hydrogens is 172 g/mol. The van der Waals surface area contributed by atoms with Gasteiger partial charge in [-0.15, -0.1) is 0 Å². The SMILES string of the molecule is C=CC[n+]1c(CC)[nH]c2ccccc21. The molecule has 0 aliphatic rings. The maximum absolute atomic E-state index is 3.78. The Labute approximate surface area is 83.9 Å². The third kappa shape index (κ3) is 1.33. The molecule has 0 unspecified atom stereocenters. The summed E-state index contributed by atoms with van der Waals surface area (Å²) in [6.07, 6.45) is 2.95. The zero-order valence-corrected chi connectivity index (χ0v) is 8.46. The van der Waals surface area contributed by atoms with E-state index in [2.05, 4.69) is 47.3 Å². The van der Waals surface area contributed by atoms with Gasteiger partial charge in [-0.25, -0.2) is 9.55 Å². The van der Waals surface area contributed by atoms with E-state index >= 15 is 0 Å². The van der Waals surface area contributed by atoms with Gasteiger partial charge in [0, 0.05) is 6.42 Å². The summed E-state index contributed by atoms with van der Waals surface area (Å²) in [4.78, 5) is 3.41. The number of nitrogens with one attached hydrogen (secondary N) is 1. The molecule has 0 spiro atoms. The van der Waals surface area contributed by atoms with Crippen molar-refractivity contribution in [2.45, 2.75) is 19.9 Å². The maximum Gasteiger partial charge on any atom is 0.255 e. The van der Waals surface area contributed by atoms with E-state index in [1.54, 1.807) is 0 Å². The fraction of sp³-hybridized carbons (Fsp3) is 0.250. The zero-order chi connectivity index (χ0) is 9.97. The molecule has 1 N–H and O–H groups in total. The van der Waals surface area contributed by atoms with Crippen molar-refractivity contribution in [1.82, 2.24) is 4.98 Å². The molecule has 14 heavy (non-hydrogen) atoms. The highest BCUT2D eigenvalue weighted by Crippen LogP contribution is 2.08. The second kappa shape index (κ2) is 3.66. The number of nitrogens with zero attached hydrogens (tertiary/aromatic N) is 1. The normalized spacial score (nSPS) is 10.6. The highest BCUT2D eigenvalue weighted by molar-refractivity contribution is 5.71. The maximum atomic E-state index is 3.78. The molecule has 0 fully saturated rings. The summed E-state index contributed by atoms with van der Waals surface area (Å²) < 4.78 is 2.27. The quantitative estimate of drug-likeness (QED) is 0.561. The van der Waals surface area contributed by atoms with E-state index in [4.69, 9.17) is 0 Å². The molecule has 1 heterocycles. The summed E-state index contributed by atoms with van der Waals surface area (Å²) in [5.41, 5.74) is 2.45. The van der Waals surface area contributed by atoms with Crippen LogP contribution in [0, 0.1) is 0 Å². The van der Waals surface area contributed by atoms with Gasteiger partial charge in [-0.2, -0.15) is 0 Å². The lowest BCUT2D eigenvalue weighted by Crippen LogP contribution is -2.35. The van der Waals surface area contributed by atoms with Gasteiger partial charge in [0.1, 0.15) is 6.54 Å². The number of aromatic amines is 1. The van der Waals surface area contributed by atoms with Crippen molar-refractivity contribution in [1.29, 1.82) is 0 Å². The number of rotatable bonds is 3. The van der Waals surface area contributed by atoms with Crippen LogP contribution in [0.4, 0.5) is 0 Å². The van der Waals surface area contributed by atoms with Crippen LogP contribution in [-0.2, 0) is 13.0 Å². The number of hydrogen-bond acceptors (Lipinski definition) is 0. The minimum atomic E-state index is 0.868. The van der Waals surface area contributed by atoms with E-state index in [1.165, 1.54) is 16.9 Å². The van der Waals surface area contributed by atoms with Crippen LogP contribution in [0.25, 0.3) is 11.0 Å². The molecule has 1 aromatic heterocycles. The van der Waals surface area contributed by atoms with Gasteiger partial charge in [-0.05, 0) is 12.1 Å². The Balaban J connectivity index is 2.67. The predicted molar refractivity (Wildman–Crippen MR) is 58.1 cm³/mol. The molecule has 0 saturated carbocycles. The summed E-state index contributed by atoms with van der Waals surface area (Å²) in [6, 6.07) is 8.36. The monoisotopic (exact) mass is 187 g/mol. The van der Waals surface area contributed by atoms with Gasteiger partial charge in [0.25, 0.3) is 5.82 Å². The van der Waals surface area contributed by atoms with Gasteiger partial charge in [0.05, 0.1) is 0 Å². The minimum Gasteiger partial charge on any atom is -0.241 e. The standard InChI is InChI=1S/C12H14N2/c1-3-9-14-11-8-6-5-7-10(11)13-12(14)4-2/h3,5-8H,1,4,9H2,2H3/p+1. The van der Waals surface area contributed by atoms with Gasteiger partial charge in [-0.1, -0.05) is 31.7 Å². The fourth-order valence-electron chi connectivity index (χ4n) is 1.80. The van der Waals surface area contributed by atoms with Crippen molar-refractivity contribution in [3.05, 3.63) is 42.7 Å². The summed E-state index contributed by atoms with van der Waals surface area (Å²) in [5.74, 6) is 1.26. The van der Waals surface area contributed by atoms with E-state index in [1.807, 2.05) is 6.08 Å². The molecule has 0 radical (unpaired) electrons. The molecule has 0 atom stereocenters. The Bertz CT molecular complexity index is 454. The van der Waals surface area contributed by atoms with Crippen LogP contribution >= 0.6 is 0 Å². The third-order valence-electron chi connectivity index (χ3n) is 2.45. The molecule has 0 saturated heterocycles. The van der Waals surface area contributed by atoms with Crippen LogP contribution in [0.1, 0.15) is 12.7 Å². The van der Waals surface area contributed by atoms with E-state index < -0.39 is 0 Å². The van der Waals surface area contributed by atoms with Crippen LogP contribution in [0.15, 0.2) is 36.9 Å². The Morgan fingerprint density at radius 2 is 2.21 bits per heavy atom. The molecule has 0 aliphatic carbocycles. The van der Waals surface area contributed by atoms with Crippen molar-refractivity contribution < 1.29 is 4.57 Å². The number of benzene rings is 1. The number of H-pyrrole nitrogens is 1. The summed E-state index contributed by atoms with van der Waals surface area (Å²) in [6.45, 7) is 6.81. The molecule has 2 heteroatoms. The molecule has 2 nitrogen and oxygen atoms in total. The van der Waals surface area contributed by atoms with Crippen LogP contribution in [0.5, 0.6) is 0 Å². The molecule has 2 rings (SSSR count). The Kier molecular flexibility index (Phi) is 2.35. The number of para-hydroxylation sites is 2. The van der Waals surface area contributed by atoms with Crippen molar-refractivity contribution in [3.63, 3.8) is 0 Å². The first-order valence-corrected chi connectivity index (χ1v) is 4.97. The van der Waals surface area contributed by atoms with E-state index in [-0.39, 0.29) is 0 Å². The van der Waals surface area contributed by atoms with Crippen molar-refractivity contribution in [3.8, 4) is 0 Å². The van der Waals surface area contributed by atoms with Gasteiger partial charge in [0.15, 0.2) is 11.0 Å². The Hall–Kier alpha value is -1.57. The van der Waals surface area contributed by atoms with Gasteiger partial charge in [0.2, 0.25) is 0 Å². The lowest BCUT2D eigenvalue weighted by molar-refractivity contribution is -0.668. The molecule has 2 aromatic rings. The number of aromatic nitrogens is 2. The second-order valence-corrected chi connectivity index (χ2v) is 3.34. The molecule has 0 amide bonds. The summed E-state index contributed by atoms with van der Waals surface area (Å²) in [5, 5.41) is 0. The van der Waals surface area contributed by atoms with Gasteiger partial charge < -0.3 is 0 Å². The first-order chi connectivity index (χ1) is 6.86. The van der Waals surface area contributed by atoms with Crippen molar-refractivity contribution in [2.24, 2.45) is 0 Å². The molecule has 0 bridgehead atoms. The highest BCUT2D eigenvalue weighted by atomic mass is 15.1. The molecule has 72 valence electrons. The second-order valence-electron chi connectivity index (χ2n) is 3.34. The van der Waals surface area contributed by atoms with E-state index in [0.717, 1.165) is 13.0 Å². The largest absolute Gasteiger partial charge is 0.255 e. The third-order valence-corrected chi connectivity index (χ3v) is 2.45. The Morgan fingerprint density at radius 3 is 2.93 bits per heavy atom. The zero-order valence-electron chi connectivity index (χ0n) is 8.46. The lowest BCUT2D eigenvalue weighted by Gasteiger charge is -1.94. The predicted octanol–water partition coefficient (Wildman–Crippen LogP) is 2.20. The molecule has 1 aromatic carbocycles. The number of hydrogen-bond donors (Lipinski definition) is 1. The smallest absolute Gasteiger partial charge is 0.241 e. The van der Waals surface area contributed by atoms with Crippen LogP contribution in [-0.4, -0.2) is 4.98 Å². The number of allylic oxidation sites excluding steroid dienone is 1. The van der Waals surface area contributed by atoms with Crippen molar-refractivity contribution >= 4 is 11.0 Å². The van der Waals surface area contributed by atoms with Crippen LogP contribution < -0.4 is 4.57 Å². The van der Waals surface area contributed by atoms with Crippen molar-refractivity contribution in [2.75, 3.05) is 0 Å². The summed E-state index contributed by atoms with van der Waals surface area (Å²) >= 11 is 0. The molecule has 0 aliphatic heterocycles. The first kappa shape index (κ1) is 9.00. The van der Waals surface area contributed by atoms with Crippen LogP contribution in [0.3, 0.4) is 0 Å². The molecular formula is C12H15N2+. The van der Waals surface area contributed by atoms with E-state index in [9.17, 15) is 0 Å². The van der Waals surface area contributed by atoms with Gasteiger partial charge >= 0.3 is 0 Å². The first-order valence-electron chi connectivity index (χ1n) is 4.97. The number of fused-ring (bicyclic) bond motifs is 1. The summed E-state index contributed by atoms with van der Waals surface area (Å²) in [7, 11) is 0. The number of imidazole rings is 1. The lowest BCUT2D eigenvalue weighted by atomic mass is 10.3. The van der Waals surface area contributed by atoms with E-state index in [0.29, 0.717) is 0 Å². The fourth-order valence-corrected chi connectivity index (χ4v) is 1.80. The average molecular weight is 187 g/mol.